The molecule has 2 aromatic carbocycles. The van der Waals surface area contributed by atoms with Crippen LogP contribution in [0.1, 0.15) is 0 Å². The second kappa shape index (κ2) is 8.10. The first-order valence-corrected chi connectivity index (χ1v) is 7.21. The maximum atomic E-state index is 12.3. The molecule has 5 nitrogen and oxygen atoms in total. The molecule has 118 valence electrons. The predicted molar refractivity (Wildman–Crippen MR) is 90.2 cm³/mol. The van der Waals surface area contributed by atoms with Crippen molar-refractivity contribution in [3.8, 4) is 0 Å². The molecule has 0 aromatic heterocycles. The fourth-order valence-electron chi connectivity index (χ4n) is 1.82. The third kappa shape index (κ3) is 4.93. The van der Waals surface area contributed by atoms with Gasteiger partial charge in [-0.15, -0.1) is 0 Å². The fourth-order valence-corrected chi connectivity index (χ4v) is 2.01. The molecule has 0 spiro atoms. The van der Waals surface area contributed by atoms with Gasteiger partial charge in [0, 0.05) is 16.9 Å². The summed E-state index contributed by atoms with van der Waals surface area (Å²) in [6.07, 6.45) is 1.26. The molecule has 0 aliphatic rings. The molecule has 0 bridgehead atoms. The third-order valence-corrected chi connectivity index (χ3v) is 3.19. The van der Waals surface area contributed by atoms with Crippen LogP contribution in [0.25, 0.3) is 0 Å². The quantitative estimate of drug-likeness (QED) is 0.518. The smallest absolute Gasteiger partial charge is 0.323 e. The van der Waals surface area contributed by atoms with Crippen LogP contribution in [0.4, 0.5) is 11.4 Å². The van der Waals surface area contributed by atoms with Crippen LogP contribution in [0, 0.1) is 5.92 Å². The van der Waals surface area contributed by atoms with Crippen LogP contribution in [0.3, 0.4) is 0 Å². The van der Waals surface area contributed by atoms with E-state index in [9.17, 15) is 9.59 Å². The molecule has 0 aliphatic heterocycles. The van der Waals surface area contributed by atoms with E-state index >= 15 is 0 Å². The first kappa shape index (κ1) is 16.7. The minimum absolute atomic E-state index is 0.482. The molecule has 0 saturated heterocycles. The number of hydrogen-bond acceptors (Lipinski definition) is 4. The number of carbonyl (C=O) groups excluding carboxylic acids is 2. The molecule has 2 aromatic rings. The summed E-state index contributed by atoms with van der Waals surface area (Å²) < 4.78 is 4.67. The Hall–Kier alpha value is -2.66. The molecule has 6 heteroatoms. The Morgan fingerprint density at radius 1 is 1.17 bits per heavy atom. The van der Waals surface area contributed by atoms with Crippen LogP contribution in [0.2, 0.25) is 5.02 Å². The van der Waals surface area contributed by atoms with E-state index in [-0.39, 0.29) is 0 Å². The fraction of sp³-hybridized carbons (Fsp3) is 0.118. The largest absolute Gasteiger partial charge is 0.468 e. The second-order valence-electron chi connectivity index (χ2n) is 4.61. The Labute approximate surface area is 138 Å². The second-order valence-corrected chi connectivity index (χ2v) is 5.05. The summed E-state index contributed by atoms with van der Waals surface area (Å²) in [7, 11) is 1.22. The van der Waals surface area contributed by atoms with Crippen molar-refractivity contribution >= 4 is 41.1 Å². The minimum atomic E-state index is -1.15. The van der Waals surface area contributed by atoms with Gasteiger partial charge in [0.15, 0.2) is 5.92 Å². The Kier molecular flexibility index (Phi) is 5.88. The van der Waals surface area contributed by atoms with E-state index in [0.29, 0.717) is 16.4 Å². The van der Waals surface area contributed by atoms with E-state index in [4.69, 9.17) is 11.6 Å². The van der Waals surface area contributed by atoms with Gasteiger partial charge in [-0.3, -0.25) is 14.6 Å². The van der Waals surface area contributed by atoms with Gasteiger partial charge in [-0.05, 0) is 30.3 Å². The van der Waals surface area contributed by atoms with Gasteiger partial charge in [-0.25, -0.2) is 0 Å². The summed E-state index contributed by atoms with van der Waals surface area (Å²) >= 11 is 5.87. The normalized spacial score (nSPS) is 11.9. The van der Waals surface area contributed by atoms with Crippen molar-refractivity contribution in [2.75, 3.05) is 12.4 Å². The highest BCUT2D eigenvalue weighted by Gasteiger charge is 2.26. The minimum Gasteiger partial charge on any atom is -0.468 e. The molecule has 23 heavy (non-hydrogen) atoms. The lowest BCUT2D eigenvalue weighted by Gasteiger charge is -2.11. The SMILES string of the molecule is COC(=O)C(C=Nc1ccccc1)C(=O)Nc1cccc(Cl)c1. The number of benzene rings is 2. The van der Waals surface area contributed by atoms with Gasteiger partial charge in [0.1, 0.15) is 0 Å². The zero-order chi connectivity index (χ0) is 16.7. The van der Waals surface area contributed by atoms with E-state index < -0.39 is 17.8 Å². The van der Waals surface area contributed by atoms with Crippen molar-refractivity contribution in [2.45, 2.75) is 0 Å². The number of ether oxygens (including phenoxy) is 1. The number of aliphatic imine (C=N–C) groups is 1. The van der Waals surface area contributed by atoms with Crippen LogP contribution in [0.15, 0.2) is 59.6 Å². The zero-order valence-electron chi connectivity index (χ0n) is 12.4. The van der Waals surface area contributed by atoms with Gasteiger partial charge >= 0.3 is 5.97 Å². The molecule has 1 amide bonds. The van der Waals surface area contributed by atoms with Crippen molar-refractivity contribution in [2.24, 2.45) is 10.9 Å². The molecule has 0 fully saturated rings. The van der Waals surface area contributed by atoms with E-state index in [1.807, 2.05) is 18.2 Å². The number of methoxy groups -OCH3 is 1. The molecule has 1 unspecified atom stereocenters. The zero-order valence-corrected chi connectivity index (χ0v) is 13.2. The number of nitrogens with one attached hydrogen (secondary N) is 1. The maximum absolute atomic E-state index is 12.3. The van der Waals surface area contributed by atoms with Crippen molar-refractivity contribution in [3.05, 3.63) is 59.6 Å². The van der Waals surface area contributed by atoms with Gasteiger partial charge in [0.05, 0.1) is 12.8 Å². The number of carbonyl (C=O) groups is 2. The van der Waals surface area contributed by atoms with Gasteiger partial charge in [-0.1, -0.05) is 35.9 Å². The summed E-state index contributed by atoms with van der Waals surface area (Å²) in [6.45, 7) is 0. The standard InChI is InChI=1S/C17H15ClN2O3/c1-23-17(22)15(11-19-13-7-3-2-4-8-13)16(21)20-14-9-5-6-12(18)10-14/h2-11,15H,1H3,(H,20,21). The van der Waals surface area contributed by atoms with Crippen molar-refractivity contribution in [1.29, 1.82) is 0 Å². The number of amides is 1. The molecule has 2 rings (SSSR count). The van der Waals surface area contributed by atoms with Gasteiger partial charge in [-0.2, -0.15) is 0 Å². The van der Waals surface area contributed by atoms with Gasteiger partial charge < -0.3 is 10.1 Å². The Morgan fingerprint density at radius 3 is 2.57 bits per heavy atom. The topological polar surface area (TPSA) is 67.8 Å². The molecule has 1 atom stereocenters. The summed E-state index contributed by atoms with van der Waals surface area (Å²) in [4.78, 5) is 28.3. The first-order chi connectivity index (χ1) is 11.1. The summed E-state index contributed by atoms with van der Waals surface area (Å²) in [5.74, 6) is -2.39. The number of rotatable bonds is 5. The average molecular weight is 331 g/mol. The number of halogens is 1. The van der Waals surface area contributed by atoms with Crippen LogP contribution in [-0.2, 0) is 14.3 Å². The Morgan fingerprint density at radius 2 is 1.91 bits per heavy atom. The van der Waals surface area contributed by atoms with E-state index in [1.54, 1.807) is 36.4 Å². The van der Waals surface area contributed by atoms with E-state index in [0.717, 1.165) is 0 Å². The molecule has 1 N–H and O–H groups in total. The Bertz CT molecular complexity index is 717. The van der Waals surface area contributed by atoms with Gasteiger partial charge in [0.2, 0.25) is 5.91 Å². The maximum Gasteiger partial charge on any atom is 0.323 e. The number of anilines is 1. The summed E-state index contributed by atoms with van der Waals surface area (Å²) in [5, 5.41) is 3.10. The number of nitrogens with zero attached hydrogens (tertiary/aromatic N) is 1. The van der Waals surface area contributed by atoms with Crippen LogP contribution in [0.5, 0.6) is 0 Å². The molecule has 0 heterocycles. The van der Waals surface area contributed by atoms with E-state index in [1.165, 1.54) is 13.3 Å². The highest BCUT2D eigenvalue weighted by molar-refractivity contribution is 6.31. The van der Waals surface area contributed by atoms with Crippen LogP contribution >= 0.6 is 11.6 Å². The number of para-hydroxylation sites is 1. The third-order valence-electron chi connectivity index (χ3n) is 2.96. The number of hydrogen-bond donors (Lipinski definition) is 1. The molecular weight excluding hydrogens is 316 g/mol. The summed E-state index contributed by atoms with van der Waals surface area (Å²) in [5.41, 5.74) is 1.13. The van der Waals surface area contributed by atoms with Crippen molar-refractivity contribution in [1.82, 2.24) is 0 Å². The average Bonchev–Trinajstić information content (AvgIpc) is 2.55. The summed E-state index contributed by atoms with van der Waals surface area (Å²) in [6, 6.07) is 15.6. The lowest BCUT2D eigenvalue weighted by Crippen LogP contribution is -2.31. The lowest BCUT2D eigenvalue weighted by atomic mass is 10.1. The van der Waals surface area contributed by atoms with Gasteiger partial charge in [0.25, 0.3) is 0 Å². The predicted octanol–water partition coefficient (Wildman–Crippen LogP) is 3.47. The molecule has 0 radical (unpaired) electrons. The van der Waals surface area contributed by atoms with Crippen LogP contribution < -0.4 is 5.32 Å². The Balaban J connectivity index is 2.16. The van der Waals surface area contributed by atoms with Crippen molar-refractivity contribution < 1.29 is 14.3 Å². The number of esters is 1. The molecule has 0 aliphatic carbocycles. The monoisotopic (exact) mass is 330 g/mol. The van der Waals surface area contributed by atoms with E-state index in [2.05, 4.69) is 15.0 Å². The first-order valence-electron chi connectivity index (χ1n) is 6.83. The van der Waals surface area contributed by atoms with Crippen LogP contribution in [-0.4, -0.2) is 25.2 Å². The lowest BCUT2D eigenvalue weighted by molar-refractivity contribution is -0.145. The highest BCUT2D eigenvalue weighted by Crippen LogP contribution is 2.16. The highest BCUT2D eigenvalue weighted by atomic mass is 35.5. The molecule has 0 saturated carbocycles. The molecular formula is C17H15ClN2O3. The van der Waals surface area contributed by atoms with Crippen molar-refractivity contribution in [3.63, 3.8) is 0 Å².